The Morgan fingerprint density at radius 1 is 1.11 bits per heavy atom. The molecule has 0 amide bonds. The maximum atomic E-state index is 14.5. The van der Waals surface area contributed by atoms with Gasteiger partial charge < -0.3 is 5.32 Å². The molecule has 0 aliphatic rings. The lowest BCUT2D eigenvalue weighted by molar-refractivity contribution is 0.180. The van der Waals surface area contributed by atoms with Gasteiger partial charge in [-0.3, -0.25) is 5.41 Å². The van der Waals surface area contributed by atoms with Crippen molar-refractivity contribution in [2.24, 2.45) is 11.8 Å². The summed E-state index contributed by atoms with van der Waals surface area (Å²) in [5.41, 5.74) is 3.56. The minimum Gasteiger partial charge on any atom is -0.320 e. The Labute approximate surface area is 230 Å². The Hall–Kier alpha value is -3.23. The molecule has 208 valence electrons. The molecular weight excluding hydrogens is 476 g/mol. The molecular formula is C33H47F2N3. The van der Waals surface area contributed by atoms with Crippen LogP contribution in [-0.4, -0.2) is 24.6 Å². The van der Waals surface area contributed by atoms with Gasteiger partial charge in [-0.15, -0.1) is 6.58 Å². The lowest BCUT2D eigenvalue weighted by atomic mass is 9.94. The van der Waals surface area contributed by atoms with Crippen LogP contribution < -0.4 is 5.32 Å². The van der Waals surface area contributed by atoms with Gasteiger partial charge in [-0.05, 0) is 74.5 Å². The van der Waals surface area contributed by atoms with Crippen LogP contribution in [0.25, 0.3) is 11.1 Å². The Bertz CT molecular complexity index is 1020. The van der Waals surface area contributed by atoms with Crippen molar-refractivity contribution in [3.8, 4) is 23.0 Å². The predicted octanol–water partition coefficient (Wildman–Crippen LogP) is 8.96. The minimum absolute atomic E-state index is 0.0301. The maximum absolute atomic E-state index is 14.5. The molecule has 0 aliphatic carbocycles. The largest absolute Gasteiger partial charge is 0.320 e. The van der Waals surface area contributed by atoms with Gasteiger partial charge in [0, 0.05) is 29.7 Å². The van der Waals surface area contributed by atoms with Gasteiger partial charge in [0.25, 0.3) is 0 Å². The topological polar surface area (TPSA) is 39.1 Å². The molecule has 0 fully saturated rings. The molecule has 0 heterocycles. The molecule has 0 aromatic heterocycles. The number of benzene rings is 2. The van der Waals surface area contributed by atoms with Crippen LogP contribution in [0.15, 0.2) is 67.9 Å². The monoisotopic (exact) mass is 523 g/mol. The molecule has 38 heavy (non-hydrogen) atoms. The molecule has 2 aromatic rings. The molecule has 2 rings (SSSR count). The van der Waals surface area contributed by atoms with Crippen molar-refractivity contribution in [3.05, 3.63) is 84.8 Å². The number of amidine groups is 1. The first-order chi connectivity index (χ1) is 18.2. The normalized spacial score (nSPS) is 11.3. The number of hydrogen-bond donors (Lipinski definition) is 2. The average molecular weight is 524 g/mol. The summed E-state index contributed by atoms with van der Waals surface area (Å²) in [5.74, 6) is 6.44. The van der Waals surface area contributed by atoms with Crippen LogP contribution >= 0.6 is 0 Å². The third kappa shape index (κ3) is 13.9. The van der Waals surface area contributed by atoms with Crippen LogP contribution in [0.5, 0.6) is 0 Å². The second-order valence-electron chi connectivity index (χ2n) is 9.12. The van der Waals surface area contributed by atoms with Gasteiger partial charge in [0.15, 0.2) is 0 Å². The van der Waals surface area contributed by atoms with Gasteiger partial charge in [0.05, 0.1) is 0 Å². The summed E-state index contributed by atoms with van der Waals surface area (Å²) in [5, 5.41) is 10.4. The van der Waals surface area contributed by atoms with Crippen LogP contribution in [0.4, 0.5) is 8.87 Å². The second-order valence-corrected chi connectivity index (χ2v) is 9.12. The van der Waals surface area contributed by atoms with E-state index in [0.29, 0.717) is 11.5 Å². The van der Waals surface area contributed by atoms with E-state index in [9.17, 15) is 8.87 Å². The molecule has 1 unspecified atom stereocenters. The summed E-state index contributed by atoms with van der Waals surface area (Å²) in [6, 6.07) is 13.4. The third-order valence-corrected chi connectivity index (χ3v) is 5.91. The number of nitrogens with one attached hydrogen (secondary N) is 2. The fraction of sp³-hybridized carbons (Fsp3) is 0.424. The molecule has 0 bridgehead atoms. The molecule has 2 N–H and O–H groups in total. The van der Waals surface area contributed by atoms with E-state index >= 15 is 0 Å². The fourth-order valence-electron chi connectivity index (χ4n) is 3.25. The quantitative estimate of drug-likeness (QED) is 0.107. The lowest BCUT2D eigenvalue weighted by Gasteiger charge is -2.14. The van der Waals surface area contributed by atoms with Gasteiger partial charge in [-0.1, -0.05) is 87.9 Å². The molecule has 0 aliphatic heterocycles. The van der Waals surface area contributed by atoms with E-state index in [4.69, 9.17) is 5.41 Å². The zero-order valence-corrected chi connectivity index (χ0v) is 24.2. The Balaban J connectivity index is 0.000000812. The highest BCUT2D eigenvalue weighted by atomic mass is 19.2. The molecule has 2 aromatic carbocycles. The van der Waals surface area contributed by atoms with Crippen molar-refractivity contribution in [1.82, 2.24) is 10.4 Å². The first kappa shape index (κ1) is 34.8. The van der Waals surface area contributed by atoms with E-state index in [-0.39, 0.29) is 22.7 Å². The predicted molar refractivity (Wildman–Crippen MR) is 161 cm³/mol. The molecule has 3 nitrogen and oxygen atoms in total. The molecule has 2 atom stereocenters. The highest BCUT2D eigenvalue weighted by molar-refractivity contribution is 5.80. The van der Waals surface area contributed by atoms with Gasteiger partial charge >= 0.3 is 0 Å². The first-order valence-corrected chi connectivity index (χ1v) is 13.5. The number of rotatable bonds is 10. The Morgan fingerprint density at radius 3 is 2.21 bits per heavy atom. The Morgan fingerprint density at radius 2 is 1.74 bits per heavy atom. The molecule has 0 radical (unpaired) electrons. The van der Waals surface area contributed by atoms with Crippen LogP contribution in [0.2, 0.25) is 0 Å². The summed E-state index contributed by atoms with van der Waals surface area (Å²) in [4.78, 5) is 0. The Kier molecular flexibility index (Phi) is 19.0. The number of hydrogen-bond acceptors (Lipinski definition) is 2. The summed E-state index contributed by atoms with van der Waals surface area (Å²) in [7, 11) is 1.93. The molecule has 0 saturated carbocycles. The van der Waals surface area contributed by atoms with Gasteiger partial charge in [-0.2, -0.15) is 5.12 Å². The SMILES string of the molecule is C=CCCC(C)Cc1ccc(-c2ccc(C#CCC)cc2)c(F)c1.C=CN(F)C(=N)[C@H](C)CC.CCNC. The van der Waals surface area contributed by atoms with Gasteiger partial charge in [-0.25, -0.2) is 4.39 Å². The van der Waals surface area contributed by atoms with Crippen molar-refractivity contribution in [2.45, 2.75) is 66.7 Å². The summed E-state index contributed by atoms with van der Waals surface area (Å²) < 4.78 is 27.0. The lowest BCUT2D eigenvalue weighted by Crippen LogP contribution is -2.22. The van der Waals surface area contributed by atoms with Crippen molar-refractivity contribution in [1.29, 1.82) is 5.41 Å². The number of halogens is 2. The van der Waals surface area contributed by atoms with E-state index in [1.807, 2.05) is 63.4 Å². The van der Waals surface area contributed by atoms with Crippen LogP contribution in [-0.2, 0) is 6.42 Å². The highest BCUT2D eigenvalue weighted by Gasteiger charge is 2.11. The van der Waals surface area contributed by atoms with E-state index in [2.05, 4.69) is 44.2 Å². The van der Waals surface area contributed by atoms with Crippen molar-refractivity contribution < 1.29 is 8.87 Å². The summed E-state index contributed by atoms with van der Waals surface area (Å²) >= 11 is 0. The fourth-order valence-corrected chi connectivity index (χ4v) is 3.25. The number of allylic oxidation sites excluding steroid dienone is 1. The first-order valence-electron chi connectivity index (χ1n) is 13.5. The average Bonchev–Trinajstić information content (AvgIpc) is 2.94. The zero-order valence-electron chi connectivity index (χ0n) is 24.2. The van der Waals surface area contributed by atoms with E-state index in [1.54, 1.807) is 13.0 Å². The van der Waals surface area contributed by atoms with Gasteiger partial charge in [0.1, 0.15) is 11.7 Å². The zero-order chi connectivity index (χ0) is 28.9. The summed E-state index contributed by atoms with van der Waals surface area (Å²) in [6.07, 6.45) is 7.54. The van der Waals surface area contributed by atoms with E-state index in [0.717, 1.165) is 61.5 Å². The standard InChI is InChI=1S/C23H25F.C7H13FN2.C3H9N/c1-4-6-8-18(3)16-20-12-15-22(23(24)17-20)21-13-10-19(11-14-21)9-7-5-2;1-4-6(3)7(9)10(8)5-2;1-3-4-2/h4,10-15,17-18H,1,5-6,8,16H2,2-3H3;5-6,9H,2,4H2,1,3H3;4H,3H2,1-2H3/t;6-;/m.1./s1. The van der Waals surface area contributed by atoms with Crippen molar-refractivity contribution in [3.63, 3.8) is 0 Å². The third-order valence-electron chi connectivity index (χ3n) is 5.91. The van der Waals surface area contributed by atoms with Crippen molar-refractivity contribution in [2.75, 3.05) is 13.6 Å². The molecule has 5 heteroatoms. The summed E-state index contributed by atoms with van der Waals surface area (Å²) in [6.45, 7) is 18.0. The smallest absolute Gasteiger partial charge is 0.134 e. The van der Waals surface area contributed by atoms with E-state index in [1.165, 1.54) is 0 Å². The molecule has 0 saturated heterocycles. The highest BCUT2D eigenvalue weighted by Crippen LogP contribution is 2.25. The van der Waals surface area contributed by atoms with Crippen molar-refractivity contribution >= 4 is 5.84 Å². The van der Waals surface area contributed by atoms with E-state index < -0.39 is 0 Å². The second kappa shape index (κ2) is 20.8. The number of nitrogens with zero attached hydrogens (tertiary/aromatic N) is 1. The minimum atomic E-state index is -0.157. The van der Waals surface area contributed by atoms with Crippen LogP contribution in [0.3, 0.4) is 0 Å². The van der Waals surface area contributed by atoms with Crippen LogP contribution in [0, 0.1) is 34.9 Å². The maximum Gasteiger partial charge on any atom is 0.134 e. The van der Waals surface area contributed by atoms with Gasteiger partial charge in [0.2, 0.25) is 0 Å². The molecule has 0 spiro atoms. The van der Waals surface area contributed by atoms with Crippen LogP contribution in [0.1, 0.15) is 71.4 Å².